The van der Waals surface area contributed by atoms with Gasteiger partial charge in [-0.2, -0.15) is 23.3 Å². The molecule has 0 unspecified atom stereocenters. The van der Waals surface area contributed by atoms with E-state index in [1.54, 1.807) is 4.90 Å². The molecule has 14 heteroatoms. The number of benzene rings is 1. The number of piperazine rings is 1. The van der Waals surface area contributed by atoms with Gasteiger partial charge < -0.3 is 24.3 Å². The third kappa shape index (κ3) is 5.82. The zero-order chi connectivity index (χ0) is 25.7. The van der Waals surface area contributed by atoms with Crippen LogP contribution in [0.5, 0.6) is 0 Å². The molecule has 3 N–H and O–H groups in total. The number of ether oxygens (including phenoxy) is 1. The van der Waals surface area contributed by atoms with Gasteiger partial charge in [-0.3, -0.25) is 15.0 Å². The van der Waals surface area contributed by atoms with E-state index in [0.29, 0.717) is 37.8 Å². The maximum Gasteiger partial charge on any atom is 0.433 e. The van der Waals surface area contributed by atoms with Crippen LogP contribution in [-0.4, -0.2) is 83.8 Å². The third-order valence-electron chi connectivity index (χ3n) is 5.60. The van der Waals surface area contributed by atoms with E-state index in [9.17, 15) is 22.8 Å². The minimum Gasteiger partial charge on any atom is -0.423 e. The van der Waals surface area contributed by atoms with Crippen molar-refractivity contribution in [1.29, 1.82) is 5.41 Å². The van der Waals surface area contributed by atoms with Crippen LogP contribution >= 0.6 is 0 Å². The lowest BCUT2D eigenvalue weighted by atomic mass is 10.1. The summed E-state index contributed by atoms with van der Waals surface area (Å²) in [6.07, 6.45) is -3.82. The molecular weight excluding hydrogens is 483 g/mol. The summed E-state index contributed by atoms with van der Waals surface area (Å²) in [5, 5.41) is 15.2. The molecule has 1 saturated heterocycles. The molecule has 1 amide bonds. The summed E-state index contributed by atoms with van der Waals surface area (Å²) in [5.41, 5.74) is -2.46. The molecule has 4 rings (SSSR count). The predicted molar refractivity (Wildman–Crippen MR) is 124 cm³/mol. The van der Waals surface area contributed by atoms with Crippen LogP contribution in [0.1, 0.15) is 12.0 Å². The summed E-state index contributed by atoms with van der Waals surface area (Å²) in [4.78, 5) is 32.4. The van der Waals surface area contributed by atoms with Crippen LogP contribution in [0.15, 0.2) is 39.7 Å². The number of oxazole rings is 1. The number of aromatic nitrogens is 3. The molecule has 36 heavy (non-hydrogen) atoms. The Labute approximate surface area is 202 Å². The molecule has 0 radical (unpaired) electrons. The lowest BCUT2D eigenvalue weighted by molar-refractivity contribution is -0.132. The molecule has 3 aromatic rings. The van der Waals surface area contributed by atoms with Crippen LogP contribution in [0.2, 0.25) is 0 Å². The van der Waals surface area contributed by atoms with Gasteiger partial charge >= 0.3 is 6.18 Å². The van der Waals surface area contributed by atoms with Crippen LogP contribution in [0.3, 0.4) is 0 Å². The number of hydrogen-bond donors (Lipinski definition) is 3. The number of carbonyl (C=O) groups excluding carboxylic acids is 1. The highest BCUT2D eigenvalue weighted by molar-refractivity contribution is 6.06. The van der Waals surface area contributed by atoms with Gasteiger partial charge in [-0.05, 0) is 12.1 Å². The molecule has 11 nitrogen and oxygen atoms in total. The Morgan fingerprint density at radius 2 is 1.94 bits per heavy atom. The standard InChI is InChI=1S/C22H24F3N7O4/c23-22(24,25)19(26)18-15(13-28-30-20(18)34)27-6-12-35-11-5-17(33)31-7-9-32(10-8-31)21-29-14-3-1-2-4-16(14)36-21/h1-4,13,26H,5-12H2,(H2,27,30,34). The quantitative estimate of drug-likeness (QED) is 0.295. The zero-order valence-electron chi connectivity index (χ0n) is 19.1. The molecule has 1 aliphatic rings. The number of anilines is 2. The normalized spacial score (nSPS) is 14.3. The second kappa shape index (κ2) is 10.8. The largest absolute Gasteiger partial charge is 0.433 e. The molecule has 1 aliphatic heterocycles. The van der Waals surface area contributed by atoms with Gasteiger partial charge in [0.15, 0.2) is 11.3 Å². The number of hydrogen-bond acceptors (Lipinski definition) is 9. The molecule has 0 aliphatic carbocycles. The first kappa shape index (κ1) is 25.2. The number of amides is 1. The zero-order valence-corrected chi connectivity index (χ0v) is 19.1. The van der Waals surface area contributed by atoms with Gasteiger partial charge in [0, 0.05) is 32.7 Å². The van der Waals surface area contributed by atoms with E-state index in [0.717, 1.165) is 11.7 Å². The Morgan fingerprint density at radius 3 is 2.67 bits per heavy atom. The first-order chi connectivity index (χ1) is 17.2. The van der Waals surface area contributed by atoms with E-state index in [-0.39, 0.29) is 37.8 Å². The summed E-state index contributed by atoms with van der Waals surface area (Å²) < 4.78 is 49.8. The fourth-order valence-corrected chi connectivity index (χ4v) is 3.74. The smallest absolute Gasteiger partial charge is 0.423 e. The molecule has 1 fully saturated rings. The Hall–Kier alpha value is -3.94. The number of para-hydroxylation sites is 2. The van der Waals surface area contributed by atoms with E-state index in [1.165, 1.54) is 0 Å². The van der Waals surface area contributed by atoms with Crippen molar-refractivity contribution < 1.29 is 27.1 Å². The van der Waals surface area contributed by atoms with Gasteiger partial charge in [-0.25, -0.2) is 5.10 Å². The van der Waals surface area contributed by atoms with Crippen molar-refractivity contribution in [2.45, 2.75) is 12.6 Å². The average Bonchev–Trinajstić information content (AvgIpc) is 3.29. The molecule has 192 valence electrons. The van der Waals surface area contributed by atoms with Crippen LogP contribution in [-0.2, 0) is 9.53 Å². The minimum absolute atomic E-state index is 0.0562. The van der Waals surface area contributed by atoms with Gasteiger partial charge in [0.2, 0.25) is 5.91 Å². The molecule has 2 aromatic heterocycles. The van der Waals surface area contributed by atoms with Crippen molar-refractivity contribution in [3.8, 4) is 0 Å². The number of carbonyl (C=O) groups is 1. The lowest BCUT2D eigenvalue weighted by Crippen LogP contribution is -2.49. The summed E-state index contributed by atoms with van der Waals surface area (Å²) in [7, 11) is 0. The highest BCUT2D eigenvalue weighted by Gasteiger charge is 2.38. The first-order valence-electron chi connectivity index (χ1n) is 11.2. The number of rotatable bonds is 9. The number of nitrogens with one attached hydrogen (secondary N) is 3. The van der Waals surface area contributed by atoms with Crippen LogP contribution in [0.4, 0.5) is 24.9 Å². The van der Waals surface area contributed by atoms with Crippen molar-refractivity contribution in [3.63, 3.8) is 0 Å². The average molecular weight is 507 g/mol. The Morgan fingerprint density at radius 1 is 1.19 bits per heavy atom. The fraction of sp³-hybridized carbons (Fsp3) is 0.409. The van der Waals surface area contributed by atoms with Gasteiger partial charge in [0.25, 0.3) is 11.6 Å². The Bertz CT molecular complexity index is 1250. The molecule has 0 saturated carbocycles. The molecular formula is C22H24F3N7O4. The molecule has 0 spiro atoms. The van der Waals surface area contributed by atoms with E-state index >= 15 is 0 Å². The minimum atomic E-state index is -4.98. The number of nitrogens with zero attached hydrogens (tertiary/aromatic N) is 4. The fourth-order valence-electron chi connectivity index (χ4n) is 3.74. The van der Waals surface area contributed by atoms with Crippen molar-refractivity contribution >= 4 is 34.4 Å². The first-order valence-corrected chi connectivity index (χ1v) is 11.2. The van der Waals surface area contributed by atoms with Crippen molar-refractivity contribution in [3.05, 3.63) is 46.4 Å². The third-order valence-corrected chi connectivity index (χ3v) is 5.60. The number of H-pyrrole nitrogens is 1. The second-order valence-electron chi connectivity index (χ2n) is 7.98. The molecule has 0 bridgehead atoms. The predicted octanol–water partition coefficient (Wildman–Crippen LogP) is 2.01. The SMILES string of the molecule is N=C(c1c(NCCOCCC(=O)N2CCN(c3nc4ccccc4o3)CC2)cn[nH]c1=O)C(F)(F)F. The summed E-state index contributed by atoms with van der Waals surface area (Å²) in [6, 6.07) is 8.03. The number of fused-ring (bicyclic) bond motifs is 1. The van der Waals surface area contributed by atoms with Crippen LogP contribution in [0.25, 0.3) is 11.1 Å². The van der Waals surface area contributed by atoms with E-state index in [4.69, 9.17) is 14.6 Å². The van der Waals surface area contributed by atoms with Gasteiger partial charge in [-0.15, -0.1) is 0 Å². The number of aromatic amines is 1. The highest BCUT2D eigenvalue weighted by atomic mass is 19.4. The Kier molecular flexibility index (Phi) is 7.52. The van der Waals surface area contributed by atoms with Gasteiger partial charge in [0.1, 0.15) is 5.52 Å². The number of halogens is 3. The topological polar surface area (TPSA) is 140 Å². The highest BCUT2D eigenvalue weighted by Crippen LogP contribution is 2.24. The maximum absolute atomic E-state index is 12.9. The summed E-state index contributed by atoms with van der Waals surface area (Å²) in [6.45, 7) is 2.46. The Balaban J connectivity index is 1.17. The molecule has 0 atom stereocenters. The summed E-state index contributed by atoms with van der Waals surface area (Å²) >= 11 is 0. The summed E-state index contributed by atoms with van der Waals surface area (Å²) in [5.74, 6) is -0.0696. The number of alkyl halides is 3. The van der Waals surface area contributed by atoms with Crippen LogP contribution < -0.4 is 15.8 Å². The van der Waals surface area contributed by atoms with E-state index in [2.05, 4.69) is 15.4 Å². The molecule has 1 aromatic carbocycles. The van der Waals surface area contributed by atoms with Gasteiger partial charge in [0.05, 0.1) is 37.1 Å². The van der Waals surface area contributed by atoms with Crippen LogP contribution in [0, 0.1) is 5.41 Å². The monoisotopic (exact) mass is 507 g/mol. The second-order valence-corrected chi connectivity index (χ2v) is 7.98. The van der Waals surface area contributed by atoms with Crippen molar-refractivity contribution in [2.24, 2.45) is 0 Å². The maximum atomic E-state index is 12.9. The van der Waals surface area contributed by atoms with Crippen molar-refractivity contribution in [2.75, 3.05) is 56.2 Å². The van der Waals surface area contributed by atoms with E-state index in [1.807, 2.05) is 34.3 Å². The van der Waals surface area contributed by atoms with Crippen molar-refractivity contribution in [1.82, 2.24) is 20.1 Å². The lowest BCUT2D eigenvalue weighted by Gasteiger charge is -2.33. The van der Waals surface area contributed by atoms with E-state index < -0.39 is 23.0 Å². The molecule has 3 heterocycles. The van der Waals surface area contributed by atoms with Gasteiger partial charge in [-0.1, -0.05) is 12.1 Å².